The van der Waals surface area contributed by atoms with Crippen LogP contribution in [-0.4, -0.2) is 28.9 Å². The third-order valence-electron chi connectivity index (χ3n) is 5.74. The van der Waals surface area contributed by atoms with E-state index in [1.807, 2.05) is 5.01 Å². The number of allylic oxidation sites excluding steroid dienone is 1. The molecule has 1 N–H and O–H groups in total. The third-order valence-corrected chi connectivity index (χ3v) is 5.74. The first-order valence-corrected chi connectivity index (χ1v) is 8.77. The molecule has 122 valence electrons. The average molecular weight is 319 g/mol. The van der Waals surface area contributed by atoms with E-state index in [0.717, 1.165) is 13.1 Å². The second kappa shape index (κ2) is 5.00. The van der Waals surface area contributed by atoms with E-state index in [1.165, 1.54) is 40.6 Å². The normalized spacial score (nSPS) is 23.0. The number of nitrogens with one attached hydrogen (secondary N) is 1. The summed E-state index contributed by atoms with van der Waals surface area (Å²) in [5.74, 6) is 0.648. The van der Waals surface area contributed by atoms with Crippen LogP contribution in [-0.2, 0) is 4.79 Å². The topological polar surface area (TPSA) is 35.6 Å². The quantitative estimate of drug-likeness (QED) is 0.877. The van der Waals surface area contributed by atoms with Gasteiger partial charge < -0.3 is 4.90 Å². The number of piperidine rings is 1. The fourth-order valence-electron chi connectivity index (χ4n) is 4.61. The summed E-state index contributed by atoms with van der Waals surface area (Å²) in [4.78, 5) is 14.8. The highest BCUT2D eigenvalue weighted by atomic mass is 16.2. The number of nitrogens with zero attached hydrogens (tertiary/aromatic N) is 2. The van der Waals surface area contributed by atoms with Crippen LogP contribution in [0, 0.1) is 5.92 Å². The summed E-state index contributed by atoms with van der Waals surface area (Å²) in [5, 5.41) is 4.29. The molecule has 4 aliphatic rings. The number of fused-ring (bicyclic) bond motifs is 3. The fourth-order valence-corrected chi connectivity index (χ4v) is 4.61. The zero-order chi connectivity index (χ0) is 16.3. The van der Waals surface area contributed by atoms with E-state index >= 15 is 0 Å². The highest BCUT2D eigenvalue weighted by molar-refractivity contribution is 5.87. The molecule has 2 aromatic carbocycles. The molecule has 1 saturated heterocycles. The van der Waals surface area contributed by atoms with Crippen LogP contribution in [0.25, 0.3) is 10.8 Å². The van der Waals surface area contributed by atoms with Crippen LogP contribution < -0.4 is 5.43 Å². The molecule has 1 fully saturated rings. The Bertz CT molecular complexity index is 859. The number of carbonyl (C=O) groups excluding carboxylic acids is 1. The number of hydrogen-bond acceptors (Lipinski definition) is 3. The molecule has 0 aromatic heterocycles. The lowest BCUT2D eigenvalue weighted by molar-refractivity contribution is -0.132. The lowest BCUT2D eigenvalue weighted by atomic mass is 9.84. The van der Waals surface area contributed by atoms with E-state index in [9.17, 15) is 4.79 Å². The van der Waals surface area contributed by atoms with Crippen molar-refractivity contribution in [1.82, 2.24) is 15.3 Å². The lowest BCUT2D eigenvalue weighted by Gasteiger charge is -2.42. The number of carbonyl (C=O) groups is 1. The predicted octanol–water partition coefficient (Wildman–Crippen LogP) is 3.18. The van der Waals surface area contributed by atoms with Gasteiger partial charge in [0, 0.05) is 25.9 Å². The first-order chi connectivity index (χ1) is 11.7. The Kier molecular flexibility index (Phi) is 2.90. The molecule has 4 aliphatic heterocycles. The summed E-state index contributed by atoms with van der Waals surface area (Å²) >= 11 is 0. The van der Waals surface area contributed by atoms with Gasteiger partial charge >= 0.3 is 0 Å². The van der Waals surface area contributed by atoms with Gasteiger partial charge in [-0.05, 0) is 29.2 Å². The average Bonchev–Trinajstić information content (AvgIpc) is 3.05. The van der Waals surface area contributed by atoms with Crippen LogP contribution in [0.1, 0.15) is 31.4 Å². The van der Waals surface area contributed by atoms with Gasteiger partial charge in [0.25, 0.3) is 0 Å². The number of hydrazine groups is 1. The summed E-state index contributed by atoms with van der Waals surface area (Å²) in [6.07, 6.45) is 2.39. The molecule has 2 aromatic rings. The number of rotatable bonds is 1. The van der Waals surface area contributed by atoms with Gasteiger partial charge in [-0.25, -0.2) is 5.01 Å². The standard InChI is InChI=1S/C20H21N3O/c1-13(24)23-19(17-8-4-6-14-5-2-3-7-16(14)17)20-18(21-23)15-9-11-22(20)12-10-15/h2-8,15,19,21H,9-12H2,1H3. The molecule has 2 bridgehead atoms. The van der Waals surface area contributed by atoms with E-state index in [4.69, 9.17) is 0 Å². The fraction of sp³-hybridized carbons (Fsp3) is 0.350. The summed E-state index contributed by atoms with van der Waals surface area (Å²) in [6, 6.07) is 14.8. The van der Waals surface area contributed by atoms with Crippen LogP contribution in [0.5, 0.6) is 0 Å². The van der Waals surface area contributed by atoms with E-state index in [1.54, 1.807) is 6.92 Å². The van der Waals surface area contributed by atoms with Crippen molar-refractivity contribution in [2.75, 3.05) is 13.1 Å². The largest absolute Gasteiger partial charge is 0.371 e. The van der Waals surface area contributed by atoms with E-state index in [-0.39, 0.29) is 11.9 Å². The summed E-state index contributed by atoms with van der Waals surface area (Å²) in [5.41, 5.74) is 7.28. The molecule has 1 amide bonds. The van der Waals surface area contributed by atoms with Crippen molar-refractivity contribution < 1.29 is 4.79 Å². The molecule has 4 heterocycles. The van der Waals surface area contributed by atoms with Gasteiger partial charge in [-0.1, -0.05) is 42.5 Å². The van der Waals surface area contributed by atoms with Gasteiger partial charge in [0.2, 0.25) is 5.91 Å². The molecule has 0 radical (unpaired) electrons. The minimum atomic E-state index is -0.0216. The van der Waals surface area contributed by atoms with Gasteiger partial charge in [0.1, 0.15) is 6.04 Å². The second-order valence-corrected chi connectivity index (χ2v) is 7.03. The van der Waals surface area contributed by atoms with Crippen molar-refractivity contribution in [2.24, 2.45) is 5.92 Å². The third kappa shape index (κ3) is 1.83. The van der Waals surface area contributed by atoms with Gasteiger partial charge in [-0.2, -0.15) is 0 Å². The molecule has 6 rings (SSSR count). The van der Waals surface area contributed by atoms with Gasteiger partial charge in [0.15, 0.2) is 0 Å². The van der Waals surface area contributed by atoms with Crippen LogP contribution in [0.3, 0.4) is 0 Å². The van der Waals surface area contributed by atoms with E-state index < -0.39 is 0 Å². The van der Waals surface area contributed by atoms with Crippen molar-refractivity contribution in [3.05, 3.63) is 59.4 Å². The van der Waals surface area contributed by atoms with Crippen molar-refractivity contribution >= 4 is 16.7 Å². The molecule has 4 heteroatoms. The molecule has 0 aliphatic carbocycles. The number of amides is 1. The van der Waals surface area contributed by atoms with Gasteiger partial charge in [0.05, 0.1) is 11.4 Å². The highest BCUT2D eigenvalue weighted by Gasteiger charge is 2.46. The van der Waals surface area contributed by atoms with Gasteiger partial charge in [-0.15, -0.1) is 0 Å². The minimum Gasteiger partial charge on any atom is -0.371 e. The maximum Gasteiger partial charge on any atom is 0.238 e. The van der Waals surface area contributed by atoms with Crippen molar-refractivity contribution in [2.45, 2.75) is 25.8 Å². The van der Waals surface area contributed by atoms with E-state index in [0.29, 0.717) is 5.92 Å². The van der Waals surface area contributed by atoms with Crippen molar-refractivity contribution in [1.29, 1.82) is 0 Å². The molecule has 0 saturated carbocycles. The molecule has 1 unspecified atom stereocenters. The Morgan fingerprint density at radius 1 is 1.08 bits per heavy atom. The van der Waals surface area contributed by atoms with E-state index in [2.05, 4.69) is 52.8 Å². The Morgan fingerprint density at radius 3 is 2.62 bits per heavy atom. The number of hydrogen-bond donors (Lipinski definition) is 1. The summed E-state index contributed by atoms with van der Waals surface area (Å²) in [7, 11) is 0. The Morgan fingerprint density at radius 2 is 1.83 bits per heavy atom. The van der Waals surface area contributed by atoms with Crippen LogP contribution in [0.15, 0.2) is 53.9 Å². The second-order valence-electron chi connectivity index (χ2n) is 7.03. The maximum absolute atomic E-state index is 12.4. The molecular weight excluding hydrogens is 298 g/mol. The Hall–Kier alpha value is -2.49. The lowest BCUT2D eigenvalue weighted by Crippen LogP contribution is -2.41. The number of benzene rings is 2. The first-order valence-electron chi connectivity index (χ1n) is 8.77. The maximum atomic E-state index is 12.4. The smallest absolute Gasteiger partial charge is 0.238 e. The van der Waals surface area contributed by atoms with Crippen LogP contribution in [0.4, 0.5) is 0 Å². The van der Waals surface area contributed by atoms with Crippen LogP contribution >= 0.6 is 0 Å². The SMILES string of the molecule is CC(=O)N1NC2=C(C1c1cccc3ccccc13)N1CCC2CC1. The Balaban J connectivity index is 1.73. The van der Waals surface area contributed by atoms with Crippen molar-refractivity contribution in [3.63, 3.8) is 0 Å². The minimum absolute atomic E-state index is 0.0216. The predicted molar refractivity (Wildman–Crippen MR) is 93.7 cm³/mol. The highest BCUT2D eigenvalue weighted by Crippen LogP contribution is 2.47. The molecule has 1 atom stereocenters. The first kappa shape index (κ1) is 13.9. The Labute approximate surface area is 141 Å². The monoisotopic (exact) mass is 319 g/mol. The molecule has 0 spiro atoms. The van der Waals surface area contributed by atoms with Crippen molar-refractivity contribution in [3.8, 4) is 0 Å². The summed E-state index contributed by atoms with van der Waals surface area (Å²) in [6.45, 7) is 3.87. The zero-order valence-corrected chi connectivity index (χ0v) is 13.8. The molecule has 24 heavy (non-hydrogen) atoms. The zero-order valence-electron chi connectivity index (χ0n) is 13.8. The van der Waals surface area contributed by atoms with Crippen LogP contribution in [0.2, 0.25) is 0 Å². The summed E-state index contributed by atoms with van der Waals surface area (Å²) < 4.78 is 0. The van der Waals surface area contributed by atoms with Gasteiger partial charge in [-0.3, -0.25) is 10.2 Å². The molecular formula is C20H21N3O. The molecule has 4 nitrogen and oxygen atoms in total.